The van der Waals surface area contributed by atoms with Crippen molar-refractivity contribution in [1.82, 2.24) is 10.2 Å². The molecule has 0 spiro atoms. The molecule has 1 aromatic heterocycles. The topological polar surface area (TPSA) is 143 Å². The molecule has 1 saturated heterocycles. The second-order valence-electron chi connectivity index (χ2n) is 8.12. The first-order valence-corrected chi connectivity index (χ1v) is 11.9. The minimum atomic E-state index is -0.760. The van der Waals surface area contributed by atoms with Gasteiger partial charge in [-0.1, -0.05) is 11.6 Å². The van der Waals surface area contributed by atoms with Crippen LogP contribution in [0.3, 0.4) is 0 Å². The number of imide groups is 1. The van der Waals surface area contributed by atoms with E-state index in [0.717, 1.165) is 4.90 Å². The van der Waals surface area contributed by atoms with Crippen molar-refractivity contribution in [3.8, 4) is 23.0 Å². The molecule has 13 heteroatoms. The Kier molecular flexibility index (Phi) is 8.29. The molecular formula is C27H23ClN2O10. The van der Waals surface area contributed by atoms with Gasteiger partial charge in [0, 0.05) is 10.6 Å². The van der Waals surface area contributed by atoms with E-state index in [4.69, 9.17) is 35.0 Å². The van der Waals surface area contributed by atoms with Crippen LogP contribution in [-0.2, 0) is 16.1 Å². The number of carbonyl (C=O) groups is 4. The van der Waals surface area contributed by atoms with Crippen molar-refractivity contribution < 1.29 is 47.3 Å². The molecule has 2 heterocycles. The van der Waals surface area contributed by atoms with E-state index in [1.165, 1.54) is 77.0 Å². The average Bonchev–Trinajstić information content (AvgIpc) is 3.53. The number of ether oxygens (including phenoxy) is 5. The molecule has 3 amide bonds. The monoisotopic (exact) mass is 570 g/mol. The number of nitrogens with one attached hydrogen (secondary N) is 1. The maximum absolute atomic E-state index is 13.1. The first kappa shape index (κ1) is 28.0. The summed E-state index contributed by atoms with van der Waals surface area (Å²) < 4.78 is 31.4. The van der Waals surface area contributed by atoms with E-state index in [1.807, 2.05) is 0 Å². The zero-order valence-corrected chi connectivity index (χ0v) is 22.5. The Bertz CT molecular complexity index is 1500. The molecule has 208 valence electrons. The highest BCUT2D eigenvalue weighted by atomic mass is 35.5. The van der Waals surface area contributed by atoms with Crippen LogP contribution in [-0.4, -0.2) is 57.2 Å². The number of amides is 3. The lowest BCUT2D eigenvalue weighted by atomic mass is 10.1. The highest BCUT2D eigenvalue weighted by Gasteiger charge is 2.34. The van der Waals surface area contributed by atoms with Gasteiger partial charge in [-0.05, 0) is 48.5 Å². The average molecular weight is 571 g/mol. The number of carbonyl (C=O) groups excluding carboxylic acids is 4. The molecule has 3 aromatic rings. The summed E-state index contributed by atoms with van der Waals surface area (Å²) in [5.41, 5.74) is 0.242. The molecule has 1 fully saturated rings. The van der Waals surface area contributed by atoms with Gasteiger partial charge in [0.25, 0.3) is 5.91 Å². The number of hydrogen-bond acceptors (Lipinski definition) is 10. The van der Waals surface area contributed by atoms with Crippen molar-refractivity contribution >= 4 is 41.6 Å². The molecule has 0 bridgehead atoms. The highest BCUT2D eigenvalue weighted by Crippen LogP contribution is 2.38. The van der Waals surface area contributed by atoms with Gasteiger partial charge >= 0.3 is 18.0 Å². The van der Waals surface area contributed by atoms with E-state index in [2.05, 4.69) is 10.1 Å². The number of rotatable bonds is 9. The van der Waals surface area contributed by atoms with Crippen molar-refractivity contribution in [3.63, 3.8) is 0 Å². The third-order valence-electron chi connectivity index (χ3n) is 5.70. The van der Waals surface area contributed by atoms with Crippen LogP contribution in [0.15, 0.2) is 52.6 Å². The van der Waals surface area contributed by atoms with Crippen LogP contribution in [0.25, 0.3) is 6.08 Å². The molecule has 0 saturated carbocycles. The Balaban J connectivity index is 1.59. The summed E-state index contributed by atoms with van der Waals surface area (Å²) in [5, 5.41) is 2.76. The molecule has 40 heavy (non-hydrogen) atoms. The summed E-state index contributed by atoms with van der Waals surface area (Å²) in [7, 11) is 5.46. The zero-order valence-electron chi connectivity index (χ0n) is 21.7. The fourth-order valence-electron chi connectivity index (χ4n) is 3.78. The first-order chi connectivity index (χ1) is 19.2. The number of benzene rings is 2. The molecule has 1 aliphatic rings. The molecule has 2 aromatic carbocycles. The van der Waals surface area contributed by atoms with Crippen molar-refractivity contribution in [2.45, 2.75) is 6.54 Å². The molecule has 1 aliphatic heterocycles. The summed E-state index contributed by atoms with van der Waals surface area (Å²) in [4.78, 5) is 51.1. The molecule has 0 radical (unpaired) electrons. The zero-order chi connectivity index (χ0) is 29.0. The van der Waals surface area contributed by atoms with Gasteiger partial charge in [0.2, 0.25) is 11.5 Å². The van der Waals surface area contributed by atoms with Gasteiger partial charge in [-0.3, -0.25) is 9.69 Å². The third-order valence-corrected chi connectivity index (χ3v) is 5.93. The molecule has 12 nitrogen and oxygen atoms in total. The number of halogens is 1. The Labute approximate surface area is 232 Å². The van der Waals surface area contributed by atoms with Gasteiger partial charge in [-0.25, -0.2) is 14.4 Å². The van der Waals surface area contributed by atoms with Crippen LogP contribution in [0.4, 0.5) is 4.79 Å². The predicted molar refractivity (Wildman–Crippen MR) is 140 cm³/mol. The first-order valence-electron chi connectivity index (χ1n) is 11.5. The SMILES string of the molecule is COC(=O)c1ccc(CN2C(=O)N/C(=C\c3cc(Cl)ccc3OC(=O)c3cc(OC)c(OC)c(OC)c3)C2=O)o1. The van der Waals surface area contributed by atoms with E-state index >= 15 is 0 Å². The van der Waals surface area contributed by atoms with Gasteiger partial charge < -0.3 is 33.4 Å². The maximum atomic E-state index is 13.1. The number of esters is 2. The van der Waals surface area contributed by atoms with E-state index in [-0.39, 0.29) is 52.1 Å². The molecule has 4 rings (SSSR count). The summed E-state index contributed by atoms with van der Waals surface area (Å²) in [5.74, 6) is -1.15. The predicted octanol–water partition coefficient (Wildman–Crippen LogP) is 4.06. The van der Waals surface area contributed by atoms with Crippen LogP contribution in [0.2, 0.25) is 5.02 Å². The van der Waals surface area contributed by atoms with E-state index < -0.39 is 23.9 Å². The standard InChI is InChI=1S/C27H23ClN2O10/c1-35-21-11-15(12-22(36-2)23(21)37-3)25(32)40-19-7-5-16(28)9-14(19)10-18-24(31)30(27(34)29-18)13-17-6-8-20(39-17)26(33)38-4/h5-12H,13H2,1-4H3,(H,29,34)/b18-10-. The quantitative estimate of drug-likeness (QED) is 0.173. The summed E-state index contributed by atoms with van der Waals surface area (Å²) in [6, 6.07) is 9.37. The molecule has 1 N–H and O–H groups in total. The maximum Gasteiger partial charge on any atom is 0.373 e. The third kappa shape index (κ3) is 5.71. The van der Waals surface area contributed by atoms with Crippen LogP contribution < -0.4 is 24.3 Å². The second kappa shape index (κ2) is 11.8. The molecule has 0 aliphatic carbocycles. The van der Waals surface area contributed by atoms with Crippen molar-refractivity contribution in [2.24, 2.45) is 0 Å². The van der Waals surface area contributed by atoms with Crippen molar-refractivity contribution in [1.29, 1.82) is 0 Å². The Morgan fingerprint density at radius 1 is 0.925 bits per heavy atom. The normalized spacial score (nSPS) is 13.7. The van der Waals surface area contributed by atoms with Crippen molar-refractivity contribution in [3.05, 3.63) is 75.8 Å². The number of urea groups is 1. The van der Waals surface area contributed by atoms with Crippen LogP contribution >= 0.6 is 11.6 Å². The molecule has 0 unspecified atom stereocenters. The summed E-state index contributed by atoms with van der Waals surface area (Å²) in [6.45, 7) is -0.239. The number of nitrogens with zero attached hydrogens (tertiary/aromatic N) is 1. The van der Waals surface area contributed by atoms with E-state index in [9.17, 15) is 19.2 Å². The summed E-state index contributed by atoms with van der Waals surface area (Å²) in [6.07, 6.45) is 1.33. The van der Waals surface area contributed by atoms with Gasteiger partial charge in [0.1, 0.15) is 17.2 Å². The Morgan fingerprint density at radius 3 is 2.25 bits per heavy atom. The minimum absolute atomic E-state index is 0.0601. The van der Waals surface area contributed by atoms with Gasteiger partial charge in [-0.15, -0.1) is 0 Å². The van der Waals surface area contributed by atoms with E-state index in [1.54, 1.807) is 0 Å². The Morgan fingerprint density at radius 2 is 1.62 bits per heavy atom. The number of furan rings is 1. The minimum Gasteiger partial charge on any atom is -0.493 e. The summed E-state index contributed by atoms with van der Waals surface area (Å²) >= 11 is 6.16. The molecule has 0 atom stereocenters. The fourth-order valence-corrected chi connectivity index (χ4v) is 3.96. The molecular weight excluding hydrogens is 548 g/mol. The lowest BCUT2D eigenvalue weighted by Gasteiger charge is -2.14. The lowest BCUT2D eigenvalue weighted by molar-refractivity contribution is -0.123. The van der Waals surface area contributed by atoms with E-state index in [0.29, 0.717) is 10.8 Å². The highest BCUT2D eigenvalue weighted by molar-refractivity contribution is 6.30. The number of methoxy groups -OCH3 is 4. The largest absolute Gasteiger partial charge is 0.493 e. The van der Waals surface area contributed by atoms with Crippen molar-refractivity contribution in [2.75, 3.05) is 28.4 Å². The fraction of sp³-hybridized carbons (Fsp3) is 0.185. The van der Waals surface area contributed by atoms with Crippen LogP contribution in [0, 0.1) is 0 Å². The van der Waals surface area contributed by atoms with Gasteiger partial charge in [0.15, 0.2) is 11.5 Å². The van der Waals surface area contributed by atoms with Crippen LogP contribution in [0.1, 0.15) is 32.2 Å². The van der Waals surface area contributed by atoms with Gasteiger partial charge in [-0.2, -0.15) is 0 Å². The Hall–Kier alpha value is -4.97. The second-order valence-corrected chi connectivity index (χ2v) is 8.56. The number of hydrogen-bond donors (Lipinski definition) is 1. The van der Waals surface area contributed by atoms with Gasteiger partial charge in [0.05, 0.1) is 40.5 Å². The lowest BCUT2D eigenvalue weighted by Crippen LogP contribution is -2.30. The van der Waals surface area contributed by atoms with Crippen LogP contribution in [0.5, 0.6) is 23.0 Å². The smallest absolute Gasteiger partial charge is 0.373 e.